The first kappa shape index (κ1) is 23.8. The van der Waals surface area contributed by atoms with Gasteiger partial charge in [0.05, 0.1) is 17.6 Å². The summed E-state index contributed by atoms with van der Waals surface area (Å²) in [6, 6.07) is 13.4. The summed E-state index contributed by atoms with van der Waals surface area (Å²) in [7, 11) is 0. The Labute approximate surface area is 200 Å². The molecule has 8 heteroatoms. The van der Waals surface area contributed by atoms with E-state index in [4.69, 9.17) is 9.72 Å². The summed E-state index contributed by atoms with van der Waals surface area (Å²) in [5, 5.41) is 2.90. The Morgan fingerprint density at radius 3 is 2.44 bits per heavy atom. The quantitative estimate of drug-likeness (QED) is 0.554. The first-order valence-corrected chi connectivity index (χ1v) is 12.0. The molecule has 180 valence electrons. The second-order valence-electron chi connectivity index (χ2n) is 8.64. The zero-order valence-electron chi connectivity index (χ0n) is 20.2. The largest absolute Gasteiger partial charge is 0.484 e. The smallest absolute Gasteiger partial charge is 0.262 e. The Morgan fingerprint density at radius 2 is 1.76 bits per heavy atom. The van der Waals surface area contributed by atoms with Crippen LogP contribution in [0.4, 0.5) is 5.69 Å². The van der Waals surface area contributed by atoms with Crippen LogP contribution in [0.25, 0.3) is 11.0 Å². The number of anilines is 1. The number of nitrogens with zero attached hydrogens (tertiary/aromatic N) is 4. The maximum atomic E-state index is 12.4. The van der Waals surface area contributed by atoms with Crippen LogP contribution in [0.2, 0.25) is 0 Å². The van der Waals surface area contributed by atoms with Crippen molar-refractivity contribution in [2.75, 3.05) is 38.1 Å². The number of benzene rings is 2. The second-order valence-corrected chi connectivity index (χ2v) is 8.64. The van der Waals surface area contributed by atoms with E-state index in [-0.39, 0.29) is 18.4 Å². The summed E-state index contributed by atoms with van der Waals surface area (Å²) >= 11 is 0. The van der Waals surface area contributed by atoms with Crippen molar-refractivity contribution in [2.45, 2.75) is 40.3 Å². The van der Waals surface area contributed by atoms with Crippen molar-refractivity contribution in [3.63, 3.8) is 0 Å². The van der Waals surface area contributed by atoms with Gasteiger partial charge in [-0.15, -0.1) is 0 Å². The van der Waals surface area contributed by atoms with Gasteiger partial charge in [0.15, 0.2) is 6.61 Å². The summed E-state index contributed by atoms with van der Waals surface area (Å²) in [5.74, 6) is 1.68. The van der Waals surface area contributed by atoms with E-state index in [2.05, 4.69) is 21.7 Å². The molecule has 0 spiro atoms. The minimum atomic E-state index is -0.213. The molecule has 1 saturated heterocycles. The molecular formula is C26H33N5O3. The van der Waals surface area contributed by atoms with E-state index in [1.165, 1.54) is 0 Å². The van der Waals surface area contributed by atoms with Gasteiger partial charge in [-0.2, -0.15) is 0 Å². The third-order valence-corrected chi connectivity index (χ3v) is 6.21. The Bertz CT molecular complexity index is 1150. The number of hydrogen-bond donors (Lipinski definition) is 1. The standard InChI is InChI=1S/C26H33N5O3/c1-4-26(33)30-14-12-29(13-15-30)17-24-28-22-16-20(8-11-23(22)31(24)5-2)27-25(32)18-34-21-9-6-19(3)7-10-21/h6-11,16H,4-5,12-15,17-18H2,1-3H3,(H,27,32). The fourth-order valence-corrected chi connectivity index (χ4v) is 4.29. The molecule has 1 fully saturated rings. The third-order valence-electron chi connectivity index (χ3n) is 6.21. The van der Waals surface area contributed by atoms with Crippen LogP contribution in [-0.2, 0) is 22.7 Å². The maximum absolute atomic E-state index is 12.4. The predicted molar refractivity (Wildman–Crippen MR) is 133 cm³/mol. The van der Waals surface area contributed by atoms with Gasteiger partial charge in [-0.3, -0.25) is 14.5 Å². The highest BCUT2D eigenvalue weighted by Gasteiger charge is 2.22. The highest BCUT2D eigenvalue weighted by atomic mass is 16.5. The predicted octanol–water partition coefficient (Wildman–Crippen LogP) is 3.44. The molecule has 2 aromatic carbocycles. The Hall–Kier alpha value is -3.39. The van der Waals surface area contributed by atoms with Crippen molar-refractivity contribution in [1.82, 2.24) is 19.4 Å². The molecule has 4 rings (SSSR count). The number of piperazine rings is 1. The summed E-state index contributed by atoms with van der Waals surface area (Å²) in [6.07, 6.45) is 0.558. The van der Waals surface area contributed by atoms with Crippen LogP contribution in [0.15, 0.2) is 42.5 Å². The molecule has 1 aliphatic heterocycles. The number of carbonyl (C=O) groups excluding carboxylic acids is 2. The fraction of sp³-hybridized carbons (Fsp3) is 0.423. The molecule has 34 heavy (non-hydrogen) atoms. The first-order valence-electron chi connectivity index (χ1n) is 12.0. The van der Waals surface area contributed by atoms with Crippen LogP contribution in [0, 0.1) is 6.92 Å². The number of fused-ring (bicyclic) bond motifs is 1. The van der Waals surface area contributed by atoms with E-state index in [9.17, 15) is 9.59 Å². The number of nitrogens with one attached hydrogen (secondary N) is 1. The number of aryl methyl sites for hydroxylation is 2. The molecule has 0 radical (unpaired) electrons. The van der Waals surface area contributed by atoms with Crippen LogP contribution in [0.5, 0.6) is 5.75 Å². The van der Waals surface area contributed by atoms with Gasteiger partial charge in [-0.25, -0.2) is 4.98 Å². The van der Waals surface area contributed by atoms with Crippen LogP contribution in [-0.4, -0.2) is 64.0 Å². The molecule has 0 unspecified atom stereocenters. The molecule has 2 heterocycles. The van der Waals surface area contributed by atoms with Gasteiger partial charge in [-0.1, -0.05) is 24.6 Å². The van der Waals surface area contributed by atoms with Gasteiger partial charge < -0.3 is 19.5 Å². The number of carbonyl (C=O) groups is 2. The monoisotopic (exact) mass is 463 g/mol. The lowest BCUT2D eigenvalue weighted by Crippen LogP contribution is -2.48. The lowest BCUT2D eigenvalue weighted by atomic mass is 10.2. The van der Waals surface area contributed by atoms with Gasteiger partial charge in [-0.05, 0) is 44.2 Å². The molecule has 8 nitrogen and oxygen atoms in total. The molecule has 1 N–H and O–H groups in total. The fourth-order valence-electron chi connectivity index (χ4n) is 4.29. The highest BCUT2D eigenvalue weighted by molar-refractivity contribution is 5.94. The molecule has 0 bridgehead atoms. The number of imidazole rings is 1. The maximum Gasteiger partial charge on any atom is 0.262 e. The van der Waals surface area contributed by atoms with E-state index in [0.717, 1.165) is 61.7 Å². The summed E-state index contributed by atoms with van der Waals surface area (Å²) < 4.78 is 7.79. The molecular weight excluding hydrogens is 430 g/mol. The summed E-state index contributed by atoms with van der Waals surface area (Å²) in [6.45, 7) is 10.8. The van der Waals surface area contributed by atoms with Crippen molar-refractivity contribution in [2.24, 2.45) is 0 Å². The van der Waals surface area contributed by atoms with Crippen molar-refractivity contribution in [1.29, 1.82) is 0 Å². The number of rotatable bonds is 8. The number of aromatic nitrogens is 2. The third kappa shape index (κ3) is 5.56. The average Bonchev–Trinajstić information content (AvgIpc) is 3.19. The molecule has 0 atom stereocenters. The van der Waals surface area contributed by atoms with E-state index in [1.54, 1.807) is 0 Å². The zero-order valence-corrected chi connectivity index (χ0v) is 20.2. The summed E-state index contributed by atoms with van der Waals surface area (Å²) in [4.78, 5) is 33.5. The average molecular weight is 464 g/mol. The van der Waals surface area contributed by atoms with Crippen LogP contribution in [0.1, 0.15) is 31.7 Å². The highest BCUT2D eigenvalue weighted by Crippen LogP contribution is 2.22. The Balaban J connectivity index is 1.39. The van der Waals surface area contributed by atoms with E-state index >= 15 is 0 Å². The second kappa shape index (κ2) is 10.7. The minimum absolute atomic E-state index is 0.0533. The van der Waals surface area contributed by atoms with Gasteiger partial charge in [0.2, 0.25) is 5.91 Å². The van der Waals surface area contributed by atoms with Gasteiger partial charge in [0, 0.05) is 44.8 Å². The van der Waals surface area contributed by atoms with Crippen LogP contribution < -0.4 is 10.1 Å². The Kier molecular flexibility index (Phi) is 7.47. The summed E-state index contributed by atoms with van der Waals surface area (Å²) in [5.41, 5.74) is 3.74. The topological polar surface area (TPSA) is 79.7 Å². The Morgan fingerprint density at radius 1 is 1.03 bits per heavy atom. The van der Waals surface area contributed by atoms with Gasteiger partial charge in [0.25, 0.3) is 5.91 Å². The molecule has 1 aromatic heterocycles. The van der Waals surface area contributed by atoms with E-state index in [0.29, 0.717) is 17.9 Å². The SMILES string of the molecule is CCC(=O)N1CCN(Cc2nc3cc(NC(=O)COc4ccc(C)cc4)ccc3n2CC)CC1. The van der Waals surface area contributed by atoms with Crippen LogP contribution >= 0.6 is 0 Å². The van der Waals surface area contributed by atoms with Crippen LogP contribution in [0.3, 0.4) is 0 Å². The van der Waals surface area contributed by atoms with Gasteiger partial charge >= 0.3 is 0 Å². The van der Waals surface area contributed by atoms with Crippen molar-refractivity contribution in [3.05, 3.63) is 53.9 Å². The van der Waals surface area contributed by atoms with E-state index < -0.39 is 0 Å². The van der Waals surface area contributed by atoms with Crippen molar-refractivity contribution in [3.8, 4) is 5.75 Å². The van der Waals surface area contributed by atoms with Crippen molar-refractivity contribution >= 4 is 28.5 Å². The zero-order chi connectivity index (χ0) is 24.1. The first-order chi connectivity index (χ1) is 16.5. The molecule has 0 aliphatic carbocycles. The van der Waals surface area contributed by atoms with Gasteiger partial charge in [0.1, 0.15) is 11.6 Å². The normalized spacial score (nSPS) is 14.4. The van der Waals surface area contributed by atoms with E-state index in [1.807, 2.05) is 61.2 Å². The lowest BCUT2D eigenvalue weighted by Gasteiger charge is -2.34. The van der Waals surface area contributed by atoms with Crippen molar-refractivity contribution < 1.29 is 14.3 Å². The molecule has 2 amide bonds. The molecule has 1 aliphatic rings. The molecule has 0 saturated carbocycles. The molecule has 3 aromatic rings. The number of hydrogen-bond acceptors (Lipinski definition) is 5. The number of amides is 2. The minimum Gasteiger partial charge on any atom is -0.484 e. The lowest BCUT2D eigenvalue weighted by molar-refractivity contribution is -0.132. The number of ether oxygens (including phenoxy) is 1.